The van der Waals surface area contributed by atoms with E-state index in [2.05, 4.69) is 13.0 Å². The first-order valence-corrected chi connectivity index (χ1v) is 11.7. The first kappa shape index (κ1) is 23.4. The van der Waals surface area contributed by atoms with E-state index in [0.717, 1.165) is 23.9 Å². The van der Waals surface area contributed by atoms with Crippen molar-refractivity contribution in [2.75, 3.05) is 13.7 Å². The number of nitrogens with zero attached hydrogens (tertiary/aromatic N) is 3. The van der Waals surface area contributed by atoms with Crippen molar-refractivity contribution >= 4 is 17.4 Å². The standard InChI is InChI=1S/C27H29N3O4/c1-3-4-15-30-25(31)13-12-21(26(30)20-9-5-6-11-24(20)33-2)27(32)34-18-19-17-29-14-8-7-10-23(29)22(19)16-28/h5-11,14,17,21,26H,3-4,12-13,15,18H2,1-2H3. The van der Waals surface area contributed by atoms with E-state index in [0.29, 0.717) is 36.3 Å². The van der Waals surface area contributed by atoms with Crippen molar-refractivity contribution in [1.82, 2.24) is 9.30 Å². The topological polar surface area (TPSA) is 84.0 Å². The zero-order valence-corrected chi connectivity index (χ0v) is 19.6. The summed E-state index contributed by atoms with van der Waals surface area (Å²) in [5.41, 5.74) is 2.74. The molecule has 1 fully saturated rings. The highest BCUT2D eigenvalue weighted by molar-refractivity contribution is 5.83. The summed E-state index contributed by atoms with van der Waals surface area (Å²) >= 11 is 0. The fourth-order valence-electron chi connectivity index (χ4n) is 4.76. The lowest BCUT2D eigenvalue weighted by molar-refractivity contribution is -0.158. The van der Waals surface area contributed by atoms with Crippen LogP contribution in [0.3, 0.4) is 0 Å². The van der Waals surface area contributed by atoms with Crippen molar-refractivity contribution in [2.24, 2.45) is 5.92 Å². The lowest BCUT2D eigenvalue weighted by atomic mass is 9.83. The van der Waals surface area contributed by atoms with E-state index in [1.807, 2.05) is 64.2 Å². The Morgan fingerprint density at radius 3 is 2.76 bits per heavy atom. The molecule has 2 atom stereocenters. The highest BCUT2D eigenvalue weighted by atomic mass is 16.5. The van der Waals surface area contributed by atoms with Crippen LogP contribution in [-0.2, 0) is 20.9 Å². The van der Waals surface area contributed by atoms with E-state index in [9.17, 15) is 14.9 Å². The number of fused-ring (bicyclic) bond motifs is 1. The first-order chi connectivity index (χ1) is 16.6. The number of rotatable bonds is 8. The molecule has 3 aromatic rings. The molecule has 4 rings (SSSR count). The maximum Gasteiger partial charge on any atom is 0.311 e. The van der Waals surface area contributed by atoms with Gasteiger partial charge in [-0.15, -0.1) is 0 Å². The van der Waals surface area contributed by atoms with E-state index >= 15 is 0 Å². The average molecular weight is 460 g/mol. The molecule has 2 aromatic heterocycles. The maximum atomic E-state index is 13.4. The average Bonchev–Trinajstić information content (AvgIpc) is 3.23. The SMILES string of the molecule is CCCCN1C(=O)CCC(C(=O)OCc2cn3ccccc3c2C#N)C1c1ccccc1OC. The van der Waals surface area contributed by atoms with E-state index in [1.165, 1.54) is 0 Å². The van der Waals surface area contributed by atoms with Gasteiger partial charge in [-0.25, -0.2) is 0 Å². The predicted molar refractivity (Wildman–Crippen MR) is 127 cm³/mol. The molecule has 0 N–H and O–H groups in total. The second kappa shape index (κ2) is 10.4. The number of ether oxygens (including phenoxy) is 2. The molecule has 0 saturated carbocycles. The number of pyridine rings is 1. The highest BCUT2D eigenvalue weighted by Crippen LogP contribution is 2.41. The second-order valence-electron chi connectivity index (χ2n) is 8.51. The fraction of sp³-hybridized carbons (Fsp3) is 0.370. The summed E-state index contributed by atoms with van der Waals surface area (Å²) in [4.78, 5) is 28.1. The summed E-state index contributed by atoms with van der Waals surface area (Å²) in [5.74, 6) is -0.205. The van der Waals surface area contributed by atoms with Crippen LogP contribution in [0.2, 0.25) is 0 Å². The van der Waals surface area contributed by atoms with Crippen LogP contribution in [0.1, 0.15) is 55.3 Å². The molecule has 1 aliphatic heterocycles. The lowest BCUT2D eigenvalue weighted by Gasteiger charge is -2.40. The smallest absolute Gasteiger partial charge is 0.311 e. The molecule has 0 aliphatic carbocycles. The third-order valence-electron chi connectivity index (χ3n) is 6.46. The van der Waals surface area contributed by atoms with Crippen LogP contribution >= 0.6 is 0 Å². The molecule has 176 valence electrons. The van der Waals surface area contributed by atoms with E-state index < -0.39 is 12.0 Å². The van der Waals surface area contributed by atoms with Crippen LogP contribution < -0.4 is 4.74 Å². The Morgan fingerprint density at radius 2 is 2.00 bits per heavy atom. The molecule has 2 unspecified atom stereocenters. The van der Waals surface area contributed by atoms with Gasteiger partial charge in [0, 0.05) is 36.5 Å². The molecule has 1 saturated heterocycles. The van der Waals surface area contributed by atoms with Gasteiger partial charge in [0.2, 0.25) is 5.91 Å². The molecule has 0 spiro atoms. The molecular formula is C27H29N3O4. The molecule has 0 radical (unpaired) electrons. The van der Waals surface area contributed by atoms with Crippen LogP contribution in [-0.4, -0.2) is 34.8 Å². The predicted octanol–water partition coefficient (Wildman–Crippen LogP) is 4.64. The second-order valence-corrected chi connectivity index (χ2v) is 8.51. The lowest BCUT2D eigenvalue weighted by Crippen LogP contribution is -2.46. The number of nitriles is 1. The zero-order chi connectivity index (χ0) is 24.1. The minimum absolute atomic E-state index is 0.00145. The number of aromatic nitrogens is 1. The minimum atomic E-state index is -0.520. The Kier molecular flexibility index (Phi) is 7.17. The fourth-order valence-corrected chi connectivity index (χ4v) is 4.76. The molecule has 7 heteroatoms. The molecule has 7 nitrogen and oxygen atoms in total. The molecule has 1 aromatic carbocycles. The molecule has 1 amide bonds. The van der Waals surface area contributed by atoms with Crippen LogP contribution in [0.5, 0.6) is 5.75 Å². The number of para-hydroxylation sites is 1. The number of carbonyl (C=O) groups is 2. The Hall–Kier alpha value is -3.79. The van der Waals surface area contributed by atoms with Gasteiger partial charge >= 0.3 is 5.97 Å². The molecular weight excluding hydrogens is 430 g/mol. The number of esters is 1. The third-order valence-corrected chi connectivity index (χ3v) is 6.46. The van der Waals surface area contributed by atoms with E-state index in [1.54, 1.807) is 7.11 Å². The molecule has 1 aliphatic rings. The summed E-state index contributed by atoms with van der Waals surface area (Å²) in [5, 5.41) is 9.65. The number of hydrogen-bond acceptors (Lipinski definition) is 5. The van der Waals surface area contributed by atoms with Crippen molar-refractivity contribution < 1.29 is 19.1 Å². The highest BCUT2D eigenvalue weighted by Gasteiger charge is 2.42. The van der Waals surface area contributed by atoms with E-state index in [-0.39, 0.29) is 18.5 Å². The van der Waals surface area contributed by atoms with Crippen LogP contribution in [0.25, 0.3) is 5.52 Å². The van der Waals surface area contributed by atoms with Gasteiger partial charge in [0.25, 0.3) is 0 Å². The third kappa shape index (κ3) is 4.49. The summed E-state index contributed by atoms with van der Waals surface area (Å²) in [6.07, 6.45) is 6.17. The van der Waals surface area contributed by atoms with Crippen molar-refractivity contribution in [1.29, 1.82) is 5.26 Å². The molecule has 0 bridgehead atoms. The number of piperidine rings is 1. The number of likely N-dealkylation sites (tertiary alicyclic amines) is 1. The van der Waals surface area contributed by atoms with Crippen molar-refractivity contribution in [2.45, 2.75) is 45.3 Å². The summed E-state index contributed by atoms with van der Waals surface area (Å²) in [6, 6.07) is 14.9. The maximum absolute atomic E-state index is 13.4. The monoisotopic (exact) mass is 459 g/mol. The number of hydrogen-bond donors (Lipinski definition) is 0. The van der Waals surface area contributed by atoms with Crippen LogP contribution in [0, 0.1) is 17.2 Å². The van der Waals surface area contributed by atoms with Crippen molar-refractivity contribution in [3.8, 4) is 11.8 Å². The van der Waals surface area contributed by atoms with Gasteiger partial charge in [-0.2, -0.15) is 5.26 Å². The number of unbranched alkanes of at least 4 members (excludes halogenated alkanes) is 1. The number of amides is 1. The molecule has 3 heterocycles. The van der Waals surface area contributed by atoms with Crippen molar-refractivity contribution in [3.05, 3.63) is 71.5 Å². The van der Waals surface area contributed by atoms with Gasteiger partial charge in [0.1, 0.15) is 18.4 Å². The van der Waals surface area contributed by atoms with Crippen LogP contribution in [0.4, 0.5) is 0 Å². The van der Waals surface area contributed by atoms with E-state index in [4.69, 9.17) is 9.47 Å². The number of methoxy groups -OCH3 is 1. The van der Waals surface area contributed by atoms with Gasteiger partial charge in [0.05, 0.1) is 30.1 Å². The Labute approximate surface area is 199 Å². The quantitative estimate of drug-likeness (QED) is 0.458. The van der Waals surface area contributed by atoms with Gasteiger partial charge < -0.3 is 18.8 Å². The summed E-state index contributed by atoms with van der Waals surface area (Å²) in [7, 11) is 1.59. The summed E-state index contributed by atoms with van der Waals surface area (Å²) < 4.78 is 13.2. The Morgan fingerprint density at radius 1 is 1.21 bits per heavy atom. The number of carbonyl (C=O) groups excluding carboxylic acids is 2. The Balaban J connectivity index is 1.62. The minimum Gasteiger partial charge on any atom is -0.496 e. The first-order valence-electron chi connectivity index (χ1n) is 11.7. The summed E-state index contributed by atoms with van der Waals surface area (Å²) in [6.45, 7) is 2.65. The largest absolute Gasteiger partial charge is 0.496 e. The van der Waals surface area contributed by atoms with Gasteiger partial charge in [-0.05, 0) is 31.0 Å². The normalized spacial score (nSPS) is 18.0. The zero-order valence-electron chi connectivity index (χ0n) is 19.6. The van der Waals surface area contributed by atoms with Crippen LogP contribution in [0.15, 0.2) is 54.9 Å². The molecule has 34 heavy (non-hydrogen) atoms. The number of benzene rings is 1. The van der Waals surface area contributed by atoms with Crippen molar-refractivity contribution in [3.63, 3.8) is 0 Å². The Bertz CT molecular complexity index is 1230. The van der Waals surface area contributed by atoms with Gasteiger partial charge in [0.15, 0.2) is 0 Å². The van der Waals surface area contributed by atoms with Gasteiger partial charge in [-0.1, -0.05) is 37.6 Å². The van der Waals surface area contributed by atoms with Gasteiger partial charge in [-0.3, -0.25) is 9.59 Å².